The number of hydrogen-bond donors (Lipinski definition) is 1. The molecule has 1 amide bonds. The summed E-state index contributed by atoms with van der Waals surface area (Å²) in [4.78, 5) is 33.7. The van der Waals surface area contributed by atoms with E-state index in [0.29, 0.717) is 5.69 Å². The molecule has 0 saturated heterocycles. The van der Waals surface area contributed by atoms with Crippen molar-refractivity contribution in [1.82, 2.24) is 4.57 Å². The van der Waals surface area contributed by atoms with Gasteiger partial charge in [0.05, 0.1) is 11.1 Å². The van der Waals surface area contributed by atoms with Gasteiger partial charge in [-0.1, -0.05) is 15.9 Å². The third kappa shape index (κ3) is 3.79. The van der Waals surface area contributed by atoms with E-state index in [4.69, 9.17) is 0 Å². The lowest BCUT2D eigenvalue weighted by Crippen LogP contribution is -2.27. The third-order valence-corrected chi connectivity index (χ3v) is 3.45. The maximum atomic E-state index is 12.0. The minimum absolute atomic E-state index is 0.243. The minimum atomic E-state index is -0.618. The average molecular weight is 366 g/mol. The largest absolute Gasteiger partial charge is 0.324 e. The SMILES string of the molecule is Cc1cc(Br)ccc1NC(=O)Cn1cc([N+](=O)[O-])ccc1=O. The molecule has 2 aromatic rings. The molecule has 114 valence electrons. The summed E-state index contributed by atoms with van der Waals surface area (Å²) in [7, 11) is 0. The van der Waals surface area contributed by atoms with Crippen molar-refractivity contribution in [3.8, 4) is 0 Å². The van der Waals surface area contributed by atoms with Gasteiger partial charge >= 0.3 is 0 Å². The van der Waals surface area contributed by atoms with Crippen LogP contribution in [0.15, 0.2) is 45.8 Å². The Hall–Kier alpha value is -2.48. The highest BCUT2D eigenvalue weighted by Gasteiger charge is 2.11. The van der Waals surface area contributed by atoms with Crippen LogP contribution in [0.3, 0.4) is 0 Å². The topological polar surface area (TPSA) is 94.2 Å². The normalized spacial score (nSPS) is 10.3. The first kappa shape index (κ1) is 15.9. The van der Waals surface area contributed by atoms with E-state index in [1.807, 2.05) is 13.0 Å². The highest BCUT2D eigenvalue weighted by molar-refractivity contribution is 9.10. The summed E-state index contributed by atoms with van der Waals surface area (Å²) in [6.45, 7) is 1.54. The summed E-state index contributed by atoms with van der Waals surface area (Å²) in [5.74, 6) is -0.437. The molecule has 0 spiro atoms. The van der Waals surface area contributed by atoms with Crippen LogP contribution in [0.4, 0.5) is 11.4 Å². The van der Waals surface area contributed by atoms with E-state index in [0.717, 1.165) is 32.9 Å². The van der Waals surface area contributed by atoms with Crippen molar-refractivity contribution in [3.05, 3.63) is 67.0 Å². The Morgan fingerprint density at radius 1 is 1.36 bits per heavy atom. The number of carbonyl (C=O) groups is 1. The molecule has 7 nitrogen and oxygen atoms in total. The van der Waals surface area contributed by atoms with Crippen LogP contribution in [-0.2, 0) is 11.3 Å². The monoisotopic (exact) mass is 365 g/mol. The van der Waals surface area contributed by atoms with E-state index in [9.17, 15) is 19.7 Å². The molecule has 1 aromatic heterocycles. The Bertz CT molecular complexity index is 801. The number of anilines is 1. The van der Waals surface area contributed by atoms with Crippen LogP contribution in [0.25, 0.3) is 0 Å². The van der Waals surface area contributed by atoms with Crippen LogP contribution in [0, 0.1) is 17.0 Å². The first-order valence-electron chi connectivity index (χ1n) is 6.27. The fourth-order valence-electron chi connectivity index (χ4n) is 1.86. The second-order valence-electron chi connectivity index (χ2n) is 4.62. The average Bonchev–Trinajstić information content (AvgIpc) is 2.44. The van der Waals surface area contributed by atoms with E-state index in [1.54, 1.807) is 12.1 Å². The van der Waals surface area contributed by atoms with Gasteiger partial charge in [0.25, 0.3) is 11.2 Å². The number of aromatic nitrogens is 1. The van der Waals surface area contributed by atoms with E-state index in [1.165, 1.54) is 0 Å². The smallest absolute Gasteiger partial charge is 0.285 e. The summed E-state index contributed by atoms with van der Waals surface area (Å²) in [5, 5.41) is 13.4. The second-order valence-corrected chi connectivity index (χ2v) is 5.53. The highest BCUT2D eigenvalue weighted by Crippen LogP contribution is 2.20. The molecule has 0 saturated carbocycles. The summed E-state index contributed by atoms with van der Waals surface area (Å²) in [6, 6.07) is 7.52. The van der Waals surface area contributed by atoms with Gasteiger partial charge in [-0.3, -0.25) is 24.3 Å². The molecule has 0 aliphatic rings. The quantitative estimate of drug-likeness (QED) is 0.664. The van der Waals surface area contributed by atoms with Crippen molar-refractivity contribution in [1.29, 1.82) is 0 Å². The van der Waals surface area contributed by atoms with E-state index in [2.05, 4.69) is 21.2 Å². The van der Waals surface area contributed by atoms with Gasteiger partial charge in [-0.15, -0.1) is 0 Å². The molecule has 0 unspecified atom stereocenters. The lowest BCUT2D eigenvalue weighted by molar-refractivity contribution is -0.385. The summed E-state index contributed by atoms with van der Waals surface area (Å²) in [5.41, 5.74) is 0.751. The van der Waals surface area contributed by atoms with E-state index >= 15 is 0 Å². The maximum Gasteiger partial charge on any atom is 0.285 e. The highest BCUT2D eigenvalue weighted by atomic mass is 79.9. The number of carbonyl (C=O) groups excluding carboxylic acids is 1. The van der Waals surface area contributed by atoms with Gasteiger partial charge in [0.2, 0.25) is 5.91 Å². The minimum Gasteiger partial charge on any atom is -0.324 e. The van der Waals surface area contributed by atoms with Crippen LogP contribution in [-0.4, -0.2) is 15.4 Å². The number of nitro groups is 1. The Balaban J connectivity index is 2.17. The Kier molecular flexibility index (Phi) is 4.71. The number of hydrogen-bond acceptors (Lipinski definition) is 4. The number of nitrogens with zero attached hydrogens (tertiary/aromatic N) is 2. The lowest BCUT2D eigenvalue weighted by Gasteiger charge is -2.10. The molecule has 1 N–H and O–H groups in total. The molecule has 0 radical (unpaired) electrons. The number of amides is 1. The molecule has 2 rings (SSSR count). The molecule has 1 heterocycles. The molecular formula is C14H12BrN3O4. The van der Waals surface area contributed by atoms with Crippen molar-refractivity contribution in [2.24, 2.45) is 0 Å². The Morgan fingerprint density at radius 2 is 2.09 bits per heavy atom. The molecule has 1 aromatic carbocycles. The van der Waals surface area contributed by atoms with Crippen molar-refractivity contribution < 1.29 is 9.72 Å². The second kappa shape index (κ2) is 6.52. The maximum absolute atomic E-state index is 12.0. The van der Waals surface area contributed by atoms with E-state index in [-0.39, 0.29) is 12.2 Å². The molecular weight excluding hydrogens is 354 g/mol. The molecule has 0 aliphatic heterocycles. The van der Waals surface area contributed by atoms with Gasteiger partial charge in [-0.2, -0.15) is 0 Å². The number of nitrogens with one attached hydrogen (secondary N) is 1. The van der Waals surface area contributed by atoms with Crippen molar-refractivity contribution in [3.63, 3.8) is 0 Å². The predicted molar refractivity (Wildman–Crippen MR) is 84.9 cm³/mol. The van der Waals surface area contributed by atoms with Crippen LogP contribution < -0.4 is 10.9 Å². The number of pyridine rings is 1. The number of aryl methyl sites for hydroxylation is 1. The van der Waals surface area contributed by atoms with Crippen molar-refractivity contribution >= 4 is 33.2 Å². The zero-order chi connectivity index (χ0) is 16.3. The van der Waals surface area contributed by atoms with Gasteiger partial charge in [0, 0.05) is 22.3 Å². The van der Waals surface area contributed by atoms with Gasteiger partial charge < -0.3 is 5.32 Å². The summed E-state index contributed by atoms with van der Waals surface area (Å²) < 4.78 is 1.89. The first-order chi connectivity index (χ1) is 10.4. The Labute approximate surface area is 133 Å². The summed E-state index contributed by atoms with van der Waals surface area (Å²) in [6.07, 6.45) is 1.05. The number of halogens is 1. The van der Waals surface area contributed by atoms with Crippen LogP contribution in [0.2, 0.25) is 0 Å². The zero-order valence-electron chi connectivity index (χ0n) is 11.6. The van der Waals surface area contributed by atoms with Crippen LogP contribution in [0.1, 0.15) is 5.56 Å². The van der Waals surface area contributed by atoms with Crippen molar-refractivity contribution in [2.45, 2.75) is 13.5 Å². The van der Waals surface area contributed by atoms with Gasteiger partial charge in [0.1, 0.15) is 6.54 Å². The number of rotatable bonds is 4. The van der Waals surface area contributed by atoms with Gasteiger partial charge in [0.15, 0.2) is 0 Å². The first-order valence-corrected chi connectivity index (χ1v) is 7.07. The molecule has 0 bridgehead atoms. The predicted octanol–water partition coefficient (Wildman–Crippen LogP) is 2.47. The summed E-state index contributed by atoms with van der Waals surface area (Å²) >= 11 is 3.33. The third-order valence-electron chi connectivity index (χ3n) is 2.96. The number of benzene rings is 1. The van der Waals surface area contributed by atoms with Crippen LogP contribution >= 0.6 is 15.9 Å². The van der Waals surface area contributed by atoms with Crippen molar-refractivity contribution in [2.75, 3.05) is 5.32 Å². The fourth-order valence-corrected chi connectivity index (χ4v) is 2.34. The molecule has 8 heteroatoms. The van der Waals surface area contributed by atoms with Crippen LogP contribution in [0.5, 0.6) is 0 Å². The lowest BCUT2D eigenvalue weighted by atomic mass is 10.2. The standard InChI is InChI=1S/C14H12BrN3O4/c1-9-6-10(15)2-4-12(9)16-13(19)8-17-7-11(18(21)22)3-5-14(17)20/h2-7H,8H2,1H3,(H,16,19). The van der Waals surface area contributed by atoms with Gasteiger partial charge in [-0.25, -0.2) is 0 Å². The van der Waals surface area contributed by atoms with E-state index < -0.39 is 16.4 Å². The van der Waals surface area contributed by atoms with Gasteiger partial charge in [-0.05, 0) is 30.7 Å². The zero-order valence-corrected chi connectivity index (χ0v) is 13.2. The molecule has 0 atom stereocenters. The molecule has 22 heavy (non-hydrogen) atoms. The molecule has 0 fully saturated rings. The molecule has 0 aliphatic carbocycles. The fraction of sp³-hybridized carbons (Fsp3) is 0.143. The Morgan fingerprint density at radius 3 is 2.73 bits per heavy atom.